The smallest absolute Gasteiger partial charge is 0.411 e. The number of thiophene rings is 1. The second-order valence-corrected chi connectivity index (χ2v) is 6.35. The minimum absolute atomic E-state index is 0.220. The Labute approximate surface area is 141 Å². The van der Waals surface area contributed by atoms with Crippen LogP contribution in [-0.2, 0) is 0 Å². The topological polar surface area (TPSA) is 66.4 Å². The Morgan fingerprint density at radius 3 is 2.61 bits per heavy atom. The maximum absolute atomic E-state index is 11.9. The van der Waals surface area contributed by atoms with Crippen molar-refractivity contribution < 1.29 is 14.7 Å². The van der Waals surface area contributed by atoms with Gasteiger partial charge in [-0.1, -0.05) is 35.9 Å². The fourth-order valence-electron chi connectivity index (χ4n) is 2.48. The summed E-state index contributed by atoms with van der Waals surface area (Å²) in [6, 6.07) is 11.1. The summed E-state index contributed by atoms with van der Waals surface area (Å²) in [6.07, 6.45) is -1.39. The van der Waals surface area contributed by atoms with E-state index in [0.717, 1.165) is 26.8 Å². The van der Waals surface area contributed by atoms with E-state index in [1.165, 1.54) is 17.4 Å². The average Bonchev–Trinajstić information content (AvgIpc) is 2.91. The number of hydrogen-bond acceptors (Lipinski definition) is 3. The molecule has 0 spiro atoms. The molecular weight excluding hydrogens is 334 g/mol. The lowest BCUT2D eigenvalue weighted by molar-refractivity contribution is 0.0948. The van der Waals surface area contributed by atoms with Crippen molar-refractivity contribution in [2.24, 2.45) is 0 Å². The molecule has 0 saturated heterocycles. The van der Waals surface area contributed by atoms with Gasteiger partial charge < -0.3 is 5.11 Å². The van der Waals surface area contributed by atoms with Gasteiger partial charge in [0.2, 0.25) is 0 Å². The van der Waals surface area contributed by atoms with Gasteiger partial charge in [0.25, 0.3) is 5.91 Å². The van der Waals surface area contributed by atoms with E-state index in [0.29, 0.717) is 5.02 Å². The first-order valence-corrected chi connectivity index (χ1v) is 8.04. The zero-order valence-electron chi connectivity index (χ0n) is 12.1. The molecule has 4 nitrogen and oxygen atoms in total. The van der Waals surface area contributed by atoms with Gasteiger partial charge in [0.1, 0.15) is 0 Å². The van der Waals surface area contributed by atoms with Crippen LogP contribution in [0, 0.1) is 6.92 Å². The Morgan fingerprint density at radius 2 is 1.91 bits per heavy atom. The van der Waals surface area contributed by atoms with E-state index in [-0.39, 0.29) is 5.56 Å². The molecule has 0 aliphatic carbocycles. The molecule has 0 fully saturated rings. The van der Waals surface area contributed by atoms with Crippen LogP contribution in [0.25, 0.3) is 21.2 Å². The van der Waals surface area contributed by atoms with Crippen LogP contribution >= 0.6 is 22.9 Å². The molecule has 0 unspecified atom stereocenters. The minimum atomic E-state index is -1.39. The van der Waals surface area contributed by atoms with Crippen LogP contribution < -0.4 is 5.32 Å². The summed E-state index contributed by atoms with van der Waals surface area (Å²) < 4.78 is 0.872. The van der Waals surface area contributed by atoms with Crippen LogP contribution in [0.5, 0.6) is 0 Å². The summed E-state index contributed by atoms with van der Waals surface area (Å²) in [6.45, 7) is 2.02. The third kappa shape index (κ3) is 2.93. The van der Waals surface area contributed by atoms with Crippen molar-refractivity contribution in [1.29, 1.82) is 0 Å². The molecule has 23 heavy (non-hydrogen) atoms. The maximum atomic E-state index is 11.9. The Balaban J connectivity index is 2.19. The van der Waals surface area contributed by atoms with Gasteiger partial charge in [0, 0.05) is 16.5 Å². The number of carbonyl (C=O) groups is 2. The molecule has 3 aromatic rings. The summed E-state index contributed by atoms with van der Waals surface area (Å²) >= 11 is 7.76. The predicted molar refractivity (Wildman–Crippen MR) is 92.5 cm³/mol. The van der Waals surface area contributed by atoms with Gasteiger partial charge in [-0.2, -0.15) is 0 Å². The highest BCUT2D eigenvalue weighted by molar-refractivity contribution is 7.18. The Bertz CT molecular complexity index is 933. The highest BCUT2D eigenvalue weighted by atomic mass is 35.5. The van der Waals surface area contributed by atoms with Gasteiger partial charge in [-0.3, -0.25) is 10.1 Å². The summed E-state index contributed by atoms with van der Waals surface area (Å²) in [5.41, 5.74) is 3.38. The second-order valence-electron chi connectivity index (χ2n) is 5.06. The lowest BCUT2D eigenvalue weighted by Gasteiger charge is -2.06. The number of imide groups is 1. The summed E-state index contributed by atoms with van der Waals surface area (Å²) in [5, 5.41) is 13.8. The summed E-state index contributed by atoms with van der Waals surface area (Å²) in [4.78, 5) is 22.6. The van der Waals surface area contributed by atoms with Gasteiger partial charge in [0.15, 0.2) is 0 Å². The third-order valence-corrected chi connectivity index (χ3v) is 4.99. The van der Waals surface area contributed by atoms with Crippen LogP contribution in [0.15, 0.2) is 41.8 Å². The molecule has 0 atom stereocenters. The monoisotopic (exact) mass is 345 g/mol. The standard InChI is InChI=1S/C17H12ClNO3S/c1-9-4-2-3-5-11(9)13-8-23-15-12(13)6-10(7-14(15)18)16(20)19-17(21)22/h2-8H,1H3,(H,19,20)(H,21,22). The lowest BCUT2D eigenvalue weighted by Crippen LogP contribution is -2.28. The number of nitrogens with one attached hydrogen (secondary N) is 1. The van der Waals surface area contributed by atoms with Crippen LogP contribution in [0.2, 0.25) is 5.02 Å². The van der Waals surface area contributed by atoms with Crippen LogP contribution in [-0.4, -0.2) is 17.1 Å². The van der Waals surface area contributed by atoms with Crippen LogP contribution in [0.4, 0.5) is 4.79 Å². The number of aryl methyl sites for hydroxylation is 1. The highest BCUT2D eigenvalue weighted by Gasteiger charge is 2.16. The lowest BCUT2D eigenvalue weighted by atomic mass is 9.99. The molecule has 1 aromatic heterocycles. The zero-order chi connectivity index (χ0) is 16.6. The normalized spacial score (nSPS) is 10.7. The first-order chi connectivity index (χ1) is 11.0. The zero-order valence-corrected chi connectivity index (χ0v) is 13.7. The van der Waals surface area contributed by atoms with Gasteiger partial charge >= 0.3 is 6.09 Å². The quantitative estimate of drug-likeness (QED) is 0.691. The molecule has 2 aromatic carbocycles. The molecule has 0 aliphatic heterocycles. The van der Waals surface area contributed by atoms with Crippen molar-refractivity contribution in [3.63, 3.8) is 0 Å². The van der Waals surface area contributed by atoms with E-state index in [2.05, 4.69) is 0 Å². The van der Waals surface area contributed by atoms with Gasteiger partial charge in [-0.15, -0.1) is 11.3 Å². The average molecular weight is 346 g/mol. The van der Waals surface area contributed by atoms with Gasteiger partial charge in [0.05, 0.1) is 9.72 Å². The maximum Gasteiger partial charge on any atom is 0.411 e. The fraction of sp³-hybridized carbons (Fsp3) is 0.0588. The van der Waals surface area contributed by atoms with Crippen molar-refractivity contribution >= 4 is 45.0 Å². The van der Waals surface area contributed by atoms with Crippen molar-refractivity contribution in [2.75, 3.05) is 0 Å². The number of carboxylic acid groups (broad SMARTS) is 1. The van der Waals surface area contributed by atoms with Crippen molar-refractivity contribution in [3.05, 3.63) is 57.9 Å². The van der Waals surface area contributed by atoms with E-state index in [9.17, 15) is 9.59 Å². The van der Waals surface area contributed by atoms with E-state index in [1.807, 2.05) is 41.9 Å². The molecule has 2 amide bonds. The molecule has 6 heteroatoms. The number of halogens is 1. The molecule has 0 bridgehead atoms. The molecule has 0 aliphatic rings. The van der Waals surface area contributed by atoms with Crippen LogP contribution in [0.3, 0.4) is 0 Å². The molecule has 0 saturated carbocycles. The largest absolute Gasteiger partial charge is 0.465 e. The number of rotatable bonds is 2. The first kappa shape index (κ1) is 15.5. The van der Waals surface area contributed by atoms with E-state index >= 15 is 0 Å². The first-order valence-electron chi connectivity index (χ1n) is 6.78. The van der Waals surface area contributed by atoms with Gasteiger partial charge in [-0.05, 0) is 35.6 Å². The van der Waals surface area contributed by atoms with E-state index in [4.69, 9.17) is 16.7 Å². The van der Waals surface area contributed by atoms with Crippen LogP contribution in [0.1, 0.15) is 15.9 Å². The van der Waals surface area contributed by atoms with Crippen molar-refractivity contribution in [3.8, 4) is 11.1 Å². The van der Waals surface area contributed by atoms with Crippen molar-refractivity contribution in [1.82, 2.24) is 5.32 Å². The molecule has 0 radical (unpaired) electrons. The number of amides is 2. The molecule has 2 N–H and O–H groups in total. The Morgan fingerprint density at radius 1 is 1.17 bits per heavy atom. The summed E-state index contributed by atoms with van der Waals surface area (Å²) in [7, 11) is 0. The molecular formula is C17H12ClNO3S. The fourth-order valence-corrected chi connectivity index (χ4v) is 3.79. The SMILES string of the molecule is Cc1ccccc1-c1csc2c(Cl)cc(C(=O)NC(=O)O)cc12. The van der Waals surface area contributed by atoms with Gasteiger partial charge in [-0.25, -0.2) is 4.79 Å². The minimum Gasteiger partial charge on any atom is -0.465 e. The number of hydrogen-bond donors (Lipinski definition) is 2. The van der Waals surface area contributed by atoms with Crippen molar-refractivity contribution in [2.45, 2.75) is 6.92 Å². The second kappa shape index (κ2) is 6.02. The van der Waals surface area contributed by atoms with E-state index < -0.39 is 12.0 Å². The highest BCUT2D eigenvalue weighted by Crippen LogP contribution is 2.39. The van der Waals surface area contributed by atoms with E-state index in [1.54, 1.807) is 6.07 Å². The predicted octanol–water partition coefficient (Wildman–Crippen LogP) is 4.94. The summed E-state index contributed by atoms with van der Waals surface area (Å²) in [5.74, 6) is -0.691. The Kier molecular flexibility index (Phi) is 4.07. The molecule has 116 valence electrons. The molecule has 1 heterocycles. The molecule has 3 rings (SSSR count). The number of carbonyl (C=O) groups excluding carboxylic acids is 1. The third-order valence-electron chi connectivity index (χ3n) is 3.55. The number of benzene rings is 2. The Hall–Kier alpha value is -2.37. The number of fused-ring (bicyclic) bond motifs is 1.